The molecule has 2 aliphatic rings. The molecular formula is C22H23N3O5. The molecule has 2 atom stereocenters. The van der Waals surface area contributed by atoms with Crippen LogP contribution in [-0.4, -0.2) is 35.6 Å². The molecule has 2 aromatic carbocycles. The van der Waals surface area contributed by atoms with Crippen LogP contribution in [0.1, 0.15) is 36.9 Å². The third kappa shape index (κ3) is 4.07. The van der Waals surface area contributed by atoms with Gasteiger partial charge in [0.05, 0.1) is 6.04 Å². The number of urea groups is 1. The van der Waals surface area contributed by atoms with Gasteiger partial charge in [0, 0.05) is 13.0 Å². The summed E-state index contributed by atoms with van der Waals surface area (Å²) < 4.78 is 10.6. The van der Waals surface area contributed by atoms with E-state index in [1.54, 1.807) is 6.07 Å². The molecule has 2 heterocycles. The van der Waals surface area contributed by atoms with Crippen molar-refractivity contribution in [3.8, 4) is 11.5 Å². The van der Waals surface area contributed by atoms with Gasteiger partial charge in [0.25, 0.3) is 5.91 Å². The highest BCUT2D eigenvalue weighted by molar-refractivity contribution is 6.04. The van der Waals surface area contributed by atoms with E-state index < -0.39 is 12.1 Å². The minimum absolute atomic E-state index is 0.134. The van der Waals surface area contributed by atoms with Crippen molar-refractivity contribution in [3.63, 3.8) is 0 Å². The molecule has 1 fully saturated rings. The van der Waals surface area contributed by atoms with Crippen molar-refractivity contribution in [2.45, 2.75) is 38.4 Å². The Morgan fingerprint density at radius 3 is 2.73 bits per heavy atom. The van der Waals surface area contributed by atoms with Gasteiger partial charge < -0.3 is 20.1 Å². The van der Waals surface area contributed by atoms with E-state index in [2.05, 4.69) is 10.6 Å². The van der Waals surface area contributed by atoms with Crippen LogP contribution in [0.3, 0.4) is 0 Å². The molecule has 30 heavy (non-hydrogen) atoms. The predicted molar refractivity (Wildman–Crippen MR) is 108 cm³/mol. The average molecular weight is 409 g/mol. The molecule has 2 aromatic rings. The van der Waals surface area contributed by atoms with Gasteiger partial charge in [-0.2, -0.15) is 0 Å². The van der Waals surface area contributed by atoms with E-state index in [1.165, 1.54) is 4.90 Å². The van der Waals surface area contributed by atoms with Gasteiger partial charge in [-0.3, -0.25) is 14.5 Å². The van der Waals surface area contributed by atoms with Crippen LogP contribution in [0, 0.1) is 0 Å². The van der Waals surface area contributed by atoms with Crippen LogP contribution in [0.15, 0.2) is 48.5 Å². The summed E-state index contributed by atoms with van der Waals surface area (Å²) in [5, 5.41) is 5.52. The summed E-state index contributed by atoms with van der Waals surface area (Å²) in [6.07, 6.45) is 0.379. The molecule has 8 nitrogen and oxygen atoms in total. The summed E-state index contributed by atoms with van der Waals surface area (Å²) in [4.78, 5) is 38.5. The molecule has 2 aliphatic heterocycles. The Labute approximate surface area is 174 Å². The third-order valence-electron chi connectivity index (χ3n) is 5.31. The van der Waals surface area contributed by atoms with Crippen LogP contribution in [-0.2, 0) is 16.1 Å². The highest BCUT2D eigenvalue weighted by atomic mass is 16.7. The van der Waals surface area contributed by atoms with E-state index in [-0.39, 0.29) is 37.5 Å². The zero-order valence-corrected chi connectivity index (χ0v) is 16.6. The fraction of sp³-hybridized carbons (Fsp3) is 0.318. The van der Waals surface area contributed by atoms with E-state index in [9.17, 15) is 14.4 Å². The summed E-state index contributed by atoms with van der Waals surface area (Å²) in [5.41, 5.74) is 1.77. The van der Waals surface area contributed by atoms with E-state index >= 15 is 0 Å². The number of carbonyl (C=O) groups is 3. The van der Waals surface area contributed by atoms with Crippen LogP contribution >= 0.6 is 0 Å². The number of benzene rings is 2. The van der Waals surface area contributed by atoms with Gasteiger partial charge in [-0.1, -0.05) is 36.4 Å². The first kappa shape index (κ1) is 19.8. The largest absolute Gasteiger partial charge is 0.454 e. The average Bonchev–Trinajstić information content (AvgIpc) is 3.34. The zero-order chi connectivity index (χ0) is 21.1. The fourth-order valence-electron chi connectivity index (χ4n) is 3.61. The lowest BCUT2D eigenvalue weighted by molar-refractivity contribution is -0.129. The number of hydrogen-bond donors (Lipinski definition) is 2. The standard InChI is InChI=1S/C22H23N3O5/c1-14(16-5-3-2-4-6-16)25-21(27)17(24-22(25)28)8-10-20(26)23-12-15-7-9-18-19(11-15)30-13-29-18/h2-7,9,11,14,17H,8,10,12-13H2,1H3,(H,23,26)(H,24,28)/t14-,17+/m1/s1. The SMILES string of the molecule is C[C@H](c1ccccc1)N1C(=O)N[C@@H](CCC(=O)NCc2ccc3c(c2)OCO3)C1=O. The Morgan fingerprint density at radius 1 is 1.17 bits per heavy atom. The lowest BCUT2D eigenvalue weighted by Gasteiger charge is -2.21. The van der Waals surface area contributed by atoms with Crippen molar-refractivity contribution in [1.29, 1.82) is 0 Å². The normalized spacial score (nSPS) is 18.3. The molecule has 2 N–H and O–H groups in total. The Balaban J connectivity index is 1.28. The number of nitrogens with zero attached hydrogens (tertiary/aromatic N) is 1. The minimum Gasteiger partial charge on any atom is -0.454 e. The van der Waals surface area contributed by atoms with Crippen LogP contribution < -0.4 is 20.1 Å². The zero-order valence-electron chi connectivity index (χ0n) is 16.6. The number of amides is 4. The fourth-order valence-corrected chi connectivity index (χ4v) is 3.61. The molecule has 4 amide bonds. The van der Waals surface area contributed by atoms with Crippen molar-refractivity contribution in [1.82, 2.24) is 15.5 Å². The van der Waals surface area contributed by atoms with Crippen molar-refractivity contribution in [2.24, 2.45) is 0 Å². The molecular weight excluding hydrogens is 386 g/mol. The van der Waals surface area contributed by atoms with Gasteiger partial charge in [-0.05, 0) is 36.6 Å². The number of nitrogens with one attached hydrogen (secondary N) is 2. The van der Waals surface area contributed by atoms with Gasteiger partial charge in [0.2, 0.25) is 12.7 Å². The highest BCUT2D eigenvalue weighted by Crippen LogP contribution is 2.32. The van der Waals surface area contributed by atoms with Gasteiger partial charge >= 0.3 is 6.03 Å². The monoisotopic (exact) mass is 409 g/mol. The van der Waals surface area contributed by atoms with E-state index in [0.717, 1.165) is 11.1 Å². The Kier molecular flexibility index (Phi) is 5.56. The molecule has 0 aromatic heterocycles. The molecule has 156 valence electrons. The van der Waals surface area contributed by atoms with Crippen molar-refractivity contribution < 1.29 is 23.9 Å². The smallest absolute Gasteiger partial charge is 0.325 e. The number of carbonyl (C=O) groups excluding carboxylic acids is 3. The van der Waals surface area contributed by atoms with Gasteiger partial charge in [-0.15, -0.1) is 0 Å². The molecule has 4 rings (SSSR count). The van der Waals surface area contributed by atoms with Crippen molar-refractivity contribution in [3.05, 3.63) is 59.7 Å². The molecule has 0 saturated carbocycles. The molecule has 8 heteroatoms. The maximum atomic E-state index is 12.7. The molecule has 0 radical (unpaired) electrons. The Hall–Kier alpha value is -3.55. The Bertz CT molecular complexity index is 963. The lowest BCUT2D eigenvalue weighted by atomic mass is 10.1. The summed E-state index contributed by atoms with van der Waals surface area (Å²) in [6, 6.07) is 13.4. The van der Waals surface area contributed by atoms with Gasteiger partial charge in [0.15, 0.2) is 11.5 Å². The van der Waals surface area contributed by atoms with Crippen LogP contribution in [0.2, 0.25) is 0 Å². The summed E-state index contributed by atoms with van der Waals surface area (Å²) in [6.45, 7) is 2.36. The van der Waals surface area contributed by atoms with Gasteiger partial charge in [0.1, 0.15) is 6.04 Å². The highest BCUT2D eigenvalue weighted by Gasteiger charge is 2.40. The second-order valence-corrected chi connectivity index (χ2v) is 7.30. The first-order chi connectivity index (χ1) is 14.5. The second-order valence-electron chi connectivity index (χ2n) is 7.30. The summed E-state index contributed by atoms with van der Waals surface area (Å²) in [5.74, 6) is 0.854. The van der Waals surface area contributed by atoms with Gasteiger partial charge in [-0.25, -0.2) is 4.79 Å². The quantitative estimate of drug-likeness (QED) is 0.685. The van der Waals surface area contributed by atoms with E-state index in [1.807, 2.05) is 49.4 Å². The van der Waals surface area contributed by atoms with E-state index in [0.29, 0.717) is 18.0 Å². The Morgan fingerprint density at radius 2 is 1.93 bits per heavy atom. The number of imide groups is 1. The van der Waals surface area contributed by atoms with Crippen LogP contribution in [0.4, 0.5) is 4.79 Å². The topological polar surface area (TPSA) is 97.0 Å². The van der Waals surface area contributed by atoms with Crippen LogP contribution in [0.5, 0.6) is 11.5 Å². The first-order valence-electron chi connectivity index (χ1n) is 9.86. The van der Waals surface area contributed by atoms with Crippen LogP contribution in [0.25, 0.3) is 0 Å². The predicted octanol–water partition coefficient (Wildman–Crippen LogP) is 2.49. The number of hydrogen-bond acceptors (Lipinski definition) is 5. The minimum atomic E-state index is -0.694. The second kappa shape index (κ2) is 8.44. The number of rotatable bonds is 7. The summed E-state index contributed by atoms with van der Waals surface area (Å²) in [7, 11) is 0. The summed E-state index contributed by atoms with van der Waals surface area (Å²) >= 11 is 0. The van der Waals surface area contributed by atoms with Crippen molar-refractivity contribution in [2.75, 3.05) is 6.79 Å². The first-order valence-corrected chi connectivity index (χ1v) is 9.86. The lowest BCUT2D eigenvalue weighted by Crippen LogP contribution is -2.34. The maximum Gasteiger partial charge on any atom is 0.325 e. The third-order valence-corrected chi connectivity index (χ3v) is 5.31. The van der Waals surface area contributed by atoms with Crippen molar-refractivity contribution >= 4 is 17.8 Å². The molecule has 1 saturated heterocycles. The number of fused-ring (bicyclic) bond motifs is 1. The molecule has 0 aliphatic carbocycles. The number of ether oxygens (including phenoxy) is 2. The van der Waals surface area contributed by atoms with E-state index in [4.69, 9.17) is 9.47 Å². The molecule has 0 spiro atoms. The molecule has 0 unspecified atom stereocenters. The molecule has 0 bridgehead atoms. The maximum absolute atomic E-state index is 12.7.